The molecule has 6 heteroatoms. The fourth-order valence-electron chi connectivity index (χ4n) is 2.98. The number of hydrogen-bond donors (Lipinski definition) is 0. The normalized spacial score (nSPS) is 25.3. The summed E-state index contributed by atoms with van der Waals surface area (Å²) in [5.41, 5.74) is 1.52. The quantitative estimate of drug-likeness (QED) is 0.832. The molecule has 2 aliphatic rings. The third-order valence-electron chi connectivity index (χ3n) is 4.17. The Morgan fingerprint density at radius 2 is 1.96 bits per heavy atom. The molecule has 0 saturated carbocycles. The van der Waals surface area contributed by atoms with E-state index in [4.69, 9.17) is 4.74 Å². The standard InChI is InChI=1S/C17H21N3O3/c1-12-10-20(11-15(23-12)13-6-4-3-5-7-13)17(22)14-8-9-16(21)19(2)18-14/h3-7,12,15H,8-11H2,1-2H3/t12-,15+/m0/s1. The van der Waals surface area contributed by atoms with E-state index in [1.165, 1.54) is 5.01 Å². The molecule has 1 aromatic rings. The highest BCUT2D eigenvalue weighted by Crippen LogP contribution is 2.25. The highest BCUT2D eigenvalue weighted by molar-refractivity contribution is 6.39. The van der Waals surface area contributed by atoms with E-state index in [2.05, 4.69) is 5.10 Å². The zero-order valence-electron chi connectivity index (χ0n) is 13.4. The van der Waals surface area contributed by atoms with Crippen LogP contribution >= 0.6 is 0 Å². The molecule has 0 unspecified atom stereocenters. The zero-order chi connectivity index (χ0) is 16.4. The number of nitrogens with zero attached hydrogens (tertiary/aromatic N) is 3. The van der Waals surface area contributed by atoms with Crippen LogP contribution < -0.4 is 0 Å². The Bertz CT molecular complexity index is 629. The van der Waals surface area contributed by atoms with Crippen molar-refractivity contribution in [3.8, 4) is 0 Å². The van der Waals surface area contributed by atoms with Gasteiger partial charge in [0.2, 0.25) is 5.91 Å². The average molecular weight is 315 g/mol. The summed E-state index contributed by atoms with van der Waals surface area (Å²) in [6.07, 6.45) is 0.571. The Kier molecular flexibility index (Phi) is 4.43. The van der Waals surface area contributed by atoms with E-state index in [-0.39, 0.29) is 24.0 Å². The molecule has 0 radical (unpaired) electrons. The van der Waals surface area contributed by atoms with Gasteiger partial charge < -0.3 is 9.64 Å². The Morgan fingerprint density at radius 1 is 1.22 bits per heavy atom. The summed E-state index contributed by atoms with van der Waals surface area (Å²) in [7, 11) is 1.59. The Balaban J connectivity index is 1.75. The number of hydrazone groups is 1. The highest BCUT2D eigenvalue weighted by atomic mass is 16.5. The molecule has 0 spiro atoms. The molecule has 1 saturated heterocycles. The lowest BCUT2D eigenvalue weighted by atomic mass is 10.1. The zero-order valence-corrected chi connectivity index (χ0v) is 13.4. The van der Waals surface area contributed by atoms with Crippen LogP contribution in [-0.4, -0.2) is 53.7 Å². The highest BCUT2D eigenvalue weighted by Gasteiger charge is 2.32. The predicted molar refractivity (Wildman–Crippen MR) is 85.7 cm³/mol. The minimum atomic E-state index is -0.132. The molecule has 0 bridgehead atoms. The van der Waals surface area contributed by atoms with Gasteiger partial charge in [-0.25, -0.2) is 5.01 Å². The summed E-state index contributed by atoms with van der Waals surface area (Å²) in [5, 5.41) is 5.39. The van der Waals surface area contributed by atoms with Gasteiger partial charge in [0.1, 0.15) is 11.8 Å². The van der Waals surface area contributed by atoms with E-state index < -0.39 is 0 Å². The molecule has 6 nitrogen and oxygen atoms in total. The smallest absolute Gasteiger partial charge is 0.270 e. The van der Waals surface area contributed by atoms with Gasteiger partial charge in [0.25, 0.3) is 5.91 Å². The van der Waals surface area contributed by atoms with E-state index in [0.717, 1.165) is 5.56 Å². The van der Waals surface area contributed by atoms with Crippen LogP contribution in [0.15, 0.2) is 35.4 Å². The second kappa shape index (κ2) is 6.50. The molecule has 2 aliphatic heterocycles. The van der Waals surface area contributed by atoms with E-state index in [0.29, 0.717) is 31.6 Å². The summed E-state index contributed by atoms with van der Waals surface area (Å²) in [6.45, 7) is 3.01. The topological polar surface area (TPSA) is 62.2 Å². The molecule has 122 valence electrons. The first-order valence-corrected chi connectivity index (χ1v) is 7.88. The van der Waals surface area contributed by atoms with Gasteiger partial charge in [-0.15, -0.1) is 0 Å². The van der Waals surface area contributed by atoms with Crippen LogP contribution in [0, 0.1) is 0 Å². The predicted octanol–water partition coefficient (Wildman–Crippen LogP) is 1.58. The summed E-state index contributed by atoms with van der Waals surface area (Å²) >= 11 is 0. The molecule has 0 aromatic heterocycles. The summed E-state index contributed by atoms with van der Waals surface area (Å²) in [5.74, 6) is -0.153. The van der Waals surface area contributed by atoms with Crippen LogP contribution in [0.5, 0.6) is 0 Å². The second-order valence-corrected chi connectivity index (χ2v) is 6.02. The second-order valence-electron chi connectivity index (χ2n) is 6.02. The van der Waals surface area contributed by atoms with E-state index in [9.17, 15) is 9.59 Å². The van der Waals surface area contributed by atoms with Crippen LogP contribution in [0.2, 0.25) is 0 Å². The number of morpholine rings is 1. The van der Waals surface area contributed by atoms with Crippen molar-refractivity contribution in [1.82, 2.24) is 9.91 Å². The molecule has 2 atom stereocenters. The maximum atomic E-state index is 12.7. The van der Waals surface area contributed by atoms with Gasteiger partial charge in [-0.1, -0.05) is 30.3 Å². The van der Waals surface area contributed by atoms with Crippen molar-refractivity contribution in [3.05, 3.63) is 35.9 Å². The molecular weight excluding hydrogens is 294 g/mol. The molecular formula is C17H21N3O3. The van der Waals surface area contributed by atoms with Gasteiger partial charge in [-0.05, 0) is 12.5 Å². The van der Waals surface area contributed by atoms with Crippen molar-refractivity contribution in [3.63, 3.8) is 0 Å². The Hall–Kier alpha value is -2.21. The first kappa shape index (κ1) is 15.7. The van der Waals surface area contributed by atoms with Crippen molar-refractivity contribution in [1.29, 1.82) is 0 Å². The van der Waals surface area contributed by atoms with Crippen LogP contribution in [0.4, 0.5) is 0 Å². The molecule has 2 heterocycles. The Labute approximate surface area is 135 Å². The first-order valence-electron chi connectivity index (χ1n) is 7.88. The van der Waals surface area contributed by atoms with Crippen molar-refractivity contribution in [2.75, 3.05) is 20.1 Å². The van der Waals surface area contributed by atoms with Gasteiger partial charge in [0, 0.05) is 26.4 Å². The molecule has 23 heavy (non-hydrogen) atoms. The lowest BCUT2D eigenvalue weighted by Crippen LogP contribution is -2.49. The Morgan fingerprint density at radius 3 is 2.65 bits per heavy atom. The van der Waals surface area contributed by atoms with Crippen molar-refractivity contribution < 1.29 is 14.3 Å². The molecule has 2 amide bonds. The van der Waals surface area contributed by atoms with Crippen LogP contribution in [0.3, 0.4) is 0 Å². The van der Waals surface area contributed by atoms with Crippen LogP contribution in [0.1, 0.15) is 31.4 Å². The lowest BCUT2D eigenvalue weighted by molar-refractivity contribution is -0.138. The fourth-order valence-corrected chi connectivity index (χ4v) is 2.98. The first-order chi connectivity index (χ1) is 11.0. The fraction of sp³-hybridized carbons (Fsp3) is 0.471. The third-order valence-corrected chi connectivity index (χ3v) is 4.17. The number of carbonyl (C=O) groups excluding carboxylic acids is 2. The number of rotatable bonds is 2. The van der Waals surface area contributed by atoms with Gasteiger partial charge in [0.15, 0.2) is 0 Å². The van der Waals surface area contributed by atoms with Crippen molar-refractivity contribution in [2.24, 2.45) is 5.10 Å². The average Bonchev–Trinajstić information content (AvgIpc) is 2.57. The summed E-state index contributed by atoms with van der Waals surface area (Å²) in [6, 6.07) is 9.92. The summed E-state index contributed by atoms with van der Waals surface area (Å²) in [4.78, 5) is 26.0. The number of amides is 2. The number of benzene rings is 1. The third kappa shape index (κ3) is 3.42. The van der Waals surface area contributed by atoms with Crippen LogP contribution in [-0.2, 0) is 14.3 Å². The molecule has 1 aromatic carbocycles. The van der Waals surface area contributed by atoms with E-state index >= 15 is 0 Å². The lowest BCUT2D eigenvalue weighted by Gasteiger charge is -2.37. The van der Waals surface area contributed by atoms with Crippen molar-refractivity contribution >= 4 is 17.5 Å². The summed E-state index contributed by atoms with van der Waals surface area (Å²) < 4.78 is 5.98. The largest absolute Gasteiger partial charge is 0.367 e. The molecule has 1 fully saturated rings. The maximum absolute atomic E-state index is 12.7. The van der Waals surface area contributed by atoms with Gasteiger partial charge in [-0.3, -0.25) is 9.59 Å². The van der Waals surface area contributed by atoms with Gasteiger partial charge >= 0.3 is 0 Å². The van der Waals surface area contributed by atoms with Gasteiger partial charge in [0.05, 0.1) is 12.6 Å². The molecule has 0 N–H and O–H groups in total. The molecule has 0 aliphatic carbocycles. The monoisotopic (exact) mass is 315 g/mol. The minimum absolute atomic E-state index is 0.0403. The SMILES string of the molecule is C[C@H]1CN(C(=O)C2=NN(C)C(=O)CC2)C[C@H](c2ccccc2)O1. The van der Waals surface area contributed by atoms with Crippen LogP contribution in [0.25, 0.3) is 0 Å². The molecule has 3 rings (SSSR count). The number of ether oxygens (including phenoxy) is 1. The van der Waals surface area contributed by atoms with Gasteiger partial charge in [-0.2, -0.15) is 5.10 Å². The van der Waals surface area contributed by atoms with E-state index in [1.54, 1.807) is 11.9 Å². The number of carbonyl (C=O) groups is 2. The van der Waals surface area contributed by atoms with Crippen molar-refractivity contribution in [2.45, 2.75) is 32.0 Å². The maximum Gasteiger partial charge on any atom is 0.270 e. The van der Waals surface area contributed by atoms with E-state index in [1.807, 2.05) is 37.3 Å². The minimum Gasteiger partial charge on any atom is -0.367 e. The number of hydrogen-bond acceptors (Lipinski definition) is 4.